The third-order valence-corrected chi connectivity index (χ3v) is 5.38. The smallest absolute Gasteiger partial charge is 0.0281 e. The van der Waals surface area contributed by atoms with Crippen molar-refractivity contribution >= 4 is 11.8 Å². The van der Waals surface area contributed by atoms with Crippen LogP contribution in [-0.2, 0) is 6.54 Å². The van der Waals surface area contributed by atoms with Crippen molar-refractivity contribution in [2.75, 3.05) is 12.8 Å². The first kappa shape index (κ1) is 13.0. The van der Waals surface area contributed by atoms with Gasteiger partial charge in [-0.2, -0.15) is 11.8 Å². The fraction of sp³-hybridized carbons (Fsp3) is 0.600. The second-order valence-electron chi connectivity index (χ2n) is 5.27. The Labute approximate surface area is 109 Å². The topological polar surface area (TPSA) is 12.0 Å². The maximum absolute atomic E-state index is 3.64. The molecular weight excluding hydrogens is 226 g/mol. The summed E-state index contributed by atoms with van der Waals surface area (Å²) in [7, 11) is 0. The second kappa shape index (κ2) is 5.45. The average Bonchev–Trinajstić information content (AvgIpc) is 2.27. The number of thioether (sulfide) groups is 1. The molecule has 0 spiro atoms. The van der Waals surface area contributed by atoms with Crippen LogP contribution in [0.1, 0.15) is 36.0 Å². The fourth-order valence-electron chi connectivity index (χ4n) is 2.44. The first-order valence-corrected chi connectivity index (χ1v) is 7.70. The van der Waals surface area contributed by atoms with Crippen LogP contribution in [0.3, 0.4) is 0 Å². The van der Waals surface area contributed by atoms with Gasteiger partial charge in [-0.3, -0.25) is 0 Å². The van der Waals surface area contributed by atoms with Gasteiger partial charge < -0.3 is 5.32 Å². The van der Waals surface area contributed by atoms with Gasteiger partial charge in [0.2, 0.25) is 0 Å². The van der Waals surface area contributed by atoms with E-state index in [1.807, 2.05) is 11.8 Å². The number of aryl methyl sites for hydroxylation is 2. The Hall–Kier alpha value is -0.470. The van der Waals surface area contributed by atoms with E-state index in [4.69, 9.17) is 0 Å². The standard InChI is InChI=1S/C15H23NS/c1-12-5-6-13(2)14(9-12)10-16-11-15(17-3)7-4-8-15/h5-6,9,16H,4,7-8,10-11H2,1-3H3. The van der Waals surface area contributed by atoms with Gasteiger partial charge in [-0.15, -0.1) is 0 Å². The maximum Gasteiger partial charge on any atom is 0.0281 e. The Kier molecular flexibility index (Phi) is 4.16. The first-order valence-electron chi connectivity index (χ1n) is 6.47. The van der Waals surface area contributed by atoms with Gasteiger partial charge in [-0.1, -0.05) is 30.2 Å². The zero-order valence-electron chi connectivity index (χ0n) is 11.2. The van der Waals surface area contributed by atoms with E-state index in [1.54, 1.807) is 0 Å². The Morgan fingerprint density at radius 3 is 2.65 bits per heavy atom. The second-order valence-corrected chi connectivity index (χ2v) is 6.55. The molecule has 0 radical (unpaired) electrons. The van der Waals surface area contributed by atoms with Gasteiger partial charge in [0.15, 0.2) is 0 Å². The van der Waals surface area contributed by atoms with Gasteiger partial charge in [-0.05, 0) is 44.1 Å². The molecule has 1 fully saturated rings. The highest BCUT2D eigenvalue weighted by molar-refractivity contribution is 8.00. The molecule has 1 aliphatic carbocycles. The zero-order chi connectivity index (χ0) is 12.3. The highest BCUT2D eigenvalue weighted by Crippen LogP contribution is 2.42. The largest absolute Gasteiger partial charge is 0.311 e. The van der Waals surface area contributed by atoms with E-state index in [0.717, 1.165) is 13.1 Å². The van der Waals surface area contributed by atoms with Crippen molar-refractivity contribution in [1.82, 2.24) is 5.32 Å². The molecule has 1 aliphatic rings. The van der Waals surface area contributed by atoms with Crippen LogP contribution in [0.4, 0.5) is 0 Å². The molecule has 2 heteroatoms. The molecule has 0 bridgehead atoms. The van der Waals surface area contributed by atoms with Gasteiger partial charge in [0, 0.05) is 17.8 Å². The van der Waals surface area contributed by atoms with Crippen molar-refractivity contribution in [1.29, 1.82) is 0 Å². The van der Waals surface area contributed by atoms with E-state index in [2.05, 4.69) is 43.6 Å². The van der Waals surface area contributed by atoms with Crippen molar-refractivity contribution in [2.45, 2.75) is 44.4 Å². The average molecular weight is 249 g/mol. The Balaban J connectivity index is 1.87. The lowest BCUT2D eigenvalue weighted by Gasteiger charge is -2.40. The molecule has 2 rings (SSSR count). The molecule has 94 valence electrons. The summed E-state index contributed by atoms with van der Waals surface area (Å²) in [4.78, 5) is 0. The molecule has 1 aromatic carbocycles. The molecule has 0 unspecified atom stereocenters. The highest BCUT2D eigenvalue weighted by Gasteiger charge is 2.35. The molecule has 1 aromatic rings. The van der Waals surface area contributed by atoms with E-state index in [1.165, 1.54) is 36.0 Å². The molecule has 1 N–H and O–H groups in total. The summed E-state index contributed by atoms with van der Waals surface area (Å²) in [6, 6.07) is 6.71. The summed E-state index contributed by atoms with van der Waals surface area (Å²) >= 11 is 2.04. The van der Waals surface area contributed by atoms with E-state index < -0.39 is 0 Å². The zero-order valence-corrected chi connectivity index (χ0v) is 12.0. The van der Waals surface area contributed by atoms with E-state index in [0.29, 0.717) is 4.75 Å². The van der Waals surface area contributed by atoms with Crippen LogP contribution in [0.15, 0.2) is 18.2 Å². The number of nitrogens with one attached hydrogen (secondary N) is 1. The lowest BCUT2D eigenvalue weighted by molar-refractivity contribution is 0.345. The molecule has 0 heterocycles. The quantitative estimate of drug-likeness (QED) is 0.854. The van der Waals surface area contributed by atoms with Crippen LogP contribution in [0, 0.1) is 13.8 Å². The minimum atomic E-state index is 0.539. The lowest BCUT2D eigenvalue weighted by Crippen LogP contribution is -2.43. The summed E-state index contributed by atoms with van der Waals surface area (Å²) in [5.41, 5.74) is 4.20. The van der Waals surface area contributed by atoms with E-state index >= 15 is 0 Å². The SMILES string of the molecule is CSC1(CNCc2cc(C)ccc2C)CCC1. The van der Waals surface area contributed by atoms with Crippen molar-refractivity contribution < 1.29 is 0 Å². The van der Waals surface area contributed by atoms with Gasteiger partial charge in [0.05, 0.1) is 0 Å². The summed E-state index contributed by atoms with van der Waals surface area (Å²) in [5.74, 6) is 0. The van der Waals surface area contributed by atoms with E-state index in [-0.39, 0.29) is 0 Å². The monoisotopic (exact) mass is 249 g/mol. The molecule has 1 nitrogen and oxygen atoms in total. The molecule has 0 aliphatic heterocycles. The number of hydrogen-bond donors (Lipinski definition) is 1. The predicted octanol–water partition coefficient (Wildman–Crippen LogP) is 3.68. The Bertz CT molecular complexity index is 377. The van der Waals surface area contributed by atoms with Crippen LogP contribution < -0.4 is 5.32 Å². The number of benzene rings is 1. The normalized spacial score (nSPS) is 17.8. The molecule has 1 saturated carbocycles. The molecule has 0 amide bonds. The molecular formula is C15H23NS. The van der Waals surface area contributed by atoms with E-state index in [9.17, 15) is 0 Å². The third-order valence-electron chi connectivity index (χ3n) is 3.97. The summed E-state index contributed by atoms with van der Waals surface area (Å²) in [6.07, 6.45) is 6.42. The third kappa shape index (κ3) is 3.05. The Morgan fingerprint density at radius 2 is 2.06 bits per heavy atom. The number of rotatable bonds is 5. The maximum atomic E-state index is 3.64. The molecule has 0 saturated heterocycles. The summed E-state index contributed by atoms with van der Waals surface area (Å²) in [5, 5.41) is 3.64. The van der Waals surface area contributed by atoms with Gasteiger partial charge in [0.1, 0.15) is 0 Å². The molecule has 0 atom stereocenters. The van der Waals surface area contributed by atoms with Crippen LogP contribution in [-0.4, -0.2) is 17.5 Å². The highest BCUT2D eigenvalue weighted by atomic mass is 32.2. The van der Waals surface area contributed by atoms with Gasteiger partial charge in [-0.25, -0.2) is 0 Å². The predicted molar refractivity (Wildman–Crippen MR) is 77.7 cm³/mol. The first-order chi connectivity index (χ1) is 8.15. The fourth-order valence-corrected chi connectivity index (χ4v) is 3.38. The molecule has 17 heavy (non-hydrogen) atoms. The summed E-state index contributed by atoms with van der Waals surface area (Å²) < 4.78 is 0.539. The van der Waals surface area contributed by atoms with Gasteiger partial charge >= 0.3 is 0 Å². The van der Waals surface area contributed by atoms with Crippen LogP contribution in [0.25, 0.3) is 0 Å². The molecule has 0 aromatic heterocycles. The van der Waals surface area contributed by atoms with Crippen LogP contribution >= 0.6 is 11.8 Å². The lowest BCUT2D eigenvalue weighted by atomic mass is 9.84. The van der Waals surface area contributed by atoms with Crippen LogP contribution in [0.2, 0.25) is 0 Å². The number of hydrogen-bond acceptors (Lipinski definition) is 2. The van der Waals surface area contributed by atoms with Crippen LogP contribution in [0.5, 0.6) is 0 Å². The van der Waals surface area contributed by atoms with Gasteiger partial charge in [0.25, 0.3) is 0 Å². The van der Waals surface area contributed by atoms with Crippen molar-refractivity contribution in [2.24, 2.45) is 0 Å². The summed E-state index contributed by atoms with van der Waals surface area (Å²) in [6.45, 7) is 6.53. The van der Waals surface area contributed by atoms with Crippen molar-refractivity contribution in [3.63, 3.8) is 0 Å². The van der Waals surface area contributed by atoms with Crippen molar-refractivity contribution in [3.8, 4) is 0 Å². The van der Waals surface area contributed by atoms with Crippen molar-refractivity contribution in [3.05, 3.63) is 34.9 Å². The Morgan fingerprint density at radius 1 is 1.29 bits per heavy atom. The minimum absolute atomic E-state index is 0.539. The minimum Gasteiger partial charge on any atom is -0.311 e.